The standard InChI is InChI=1S/C20H32N2O4/c1-20(2,3)22(19(24)25)17(13-15-9-5-4-6-10-15)18(23)14-21-26-16-11-7-8-12-16/h4-6,9-10,16-18,21,23H,7-8,11-14H2,1-3H3,(H,24,25). The Morgan fingerprint density at radius 3 is 2.42 bits per heavy atom. The molecule has 1 saturated carbocycles. The number of carboxylic acid groups (broad SMARTS) is 1. The lowest BCUT2D eigenvalue weighted by molar-refractivity contribution is -0.0556. The normalized spacial score (nSPS) is 17.8. The second-order valence-electron chi connectivity index (χ2n) is 8.02. The maximum absolute atomic E-state index is 11.9. The van der Waals surface area contributed by atoms with Gasteiger partial charge in [-0.2, -0.15) is 5.48 Å². The van der Waals surface area contributed by atoms with Crippen LogP contribution in [0.1, 0.15) is 52.0 Å². The molecule has 0 saturated heterocycles. The number of nitrogens with zero attached hydrogens (tertiary/aromatic N) is 1. The van der Waals surface area contributed by atoms with Gasteiger partial charge < -0.3 is 10.2 Å². The summed E-state index contributed by atoms with van der Waals surface area (Å²) in [5.74, 6) is 0. The summed E-state index contributed by atoms with van der Waals surface area (Å²) in [6.45, 7) is 5.71. The number of aliphatic hydroxyl groups is 1. The van der Waals surface area contributed by atoms with Crippen molar-refractivity contribution in [3.63, 3.8) is 0 Å². The van der Waals surface area contributed by atoms with Crippen LogP contribution < -0.4 is 5.48 Å². The molecule has 0 bridgehead atoms. The Bertz CT molecular complexity index is 553. The zero-order chi connectivity index (χ0) is 19.2. The van der Waals surface area contributed by atoms with Gasteiger partial charge in [-0.15, -0.1) is 0 Å². The Morgan fingerprint density at radius 1 is 1.27 bits per heavy atom. The van der Waals surface area contributed by atoms with Crippen molar-refractivity contribution in [3.05, 3.63) is 35.9 Å². The number of benzene rings is 1. The van der Waals surface area contributed by atoms with E-state index in [1.807, 2.05) is 51.1 Å². The fourth-order valence-corrected chi connectivity index (χ4v) is 3.57. The predicted molar refractivity (Wildman–Crippen MR) is 101 cm³/mol. The Labute approximate surface area is 156 Å². The maximum Gasteiger partial charge on any atom is 0.408 e. The highest BCUT2D eigenvalue weighted by Gasteiger charge is 2.37. The monoisotopic (exact) mass is 364 g/mol. The minimum atomic E-state index is -1.03. The van der Waals surface area contributed by atoms with Gasteiger partial charge >= 0.3 is 6.09 Å². The van der Waals surface area contributed by atoms with E-state index in [-0.39, 0.29) is 12.6 Å². The summed E-state index contributed by atoms with van der Waals surface area (Å²) in [7, 11) is 0. The Kier molecular flexibility index (Phi) is 7.43. The third kappa shape index (κ3) is 5.97. The summed E-state index contributed by atoms with van der Waals surface area (Å²) in [5.41, 5.74) is 3.23. The van der Waals surface area contributed by atoms with Crippen LogP contribution in [0.2, 0.25) is 0 Å². The molecule has 1 aromatic carbocycles. The first-order chi connectivity index (χ1) is 12.3. The van der Waals surface area contributed by atoms with Crippen LogP contribution in [0.4, 0.5) is 4.79 Å². The molecule has 3 N–H and O–H groups in total. The second-order valence-corrected chi connectivity index (χ2v) is 8.02. The van der Waals surface area contributed by atoms with E-state index in [0.29, 0.717) is 6.42 Å². The average Bonchev–Trinajstić information content (AvgIpc) is 3.07. The quantitative estimate of drug-likeness (QED) is 0.617. The third-order valence-corrected chi connectivity index (χ3v) is 4.84. The van der Waals surface area contributed by atoms with E-state index in [1.54, 1.807) is 0 Å². The Hall–Kier alpha value is -1.63. The summed E-state index contributed by atoms with van der Waals surface area (Å²) in [6.07, 6.45) is 3.11. The van der Waals surface area contributed by atoms with E-state index >= 15 is 0 Å². The zero-order valence-corrected chi connectivity index (χ0v) is 16.0. The molecule has 1 aromatic rings. The molecule has 6 heteroatoms. The molecule has 0 spiro atoms. The smallest absolute Gasteiger partial charge is 0.408 e. The number of carbonyl (C=O) groups is 1. The van der Waals surface area contributed by atoms with Crippen molar-refractivity contribution in [1.29, 1.82) is 0 Å². The summed E-state index contributed by atoms with van der Waals surface area (Å²) in [5, 5.41) is 20.5. The number of nitrogens with one attached hydrogen (secondary N) is 1. The minimum absolute atomic E-state index is 0.188. The number of hydroxylamine groups is 1. The van der Waals surface area contributed by atoms with Gasteiger partial charge in [0.1, 0.15) is 0 Å². The third-order valence-electron chi connectivity index (χ3n) is 4.84. The largest absolute Gasteiger partial charge is 0.465 e. The van der Waals surface area contributed by atoms with E-state index in [0.717, 1.165) is 18.4 Å². The van der Waals surface area contributed by atoms with Crippen LogP contribution in [0.15, 0.2) is 30.3 Å². The molecule has 6 nitrogen and oxygen atoms in total. The van der Waals surface area contributed by atoms with Gasteiger partial charge in [0, 0.05) is 12.1 Å². The van der Waals surface area contributed by atoms with Crippen molar-refractivity contribution in [2.45, 2.75) is 76.7 Å². The molecule has 0 heterocycles. The topological polar surface area (TPSA) is 82.0 Å². The Balaban J connectivity index is 2.08. The molecule has 0 radical (unpaired) electrons. The van der Waals surface area contributed by atoms with Crippen molar-refractivity contribution in [2.75, 3.05) is 6.54 Å². The lowest BCUT2D eigenvalue weighted by Gasteiger charge is -2.41. The number of hydrogen-bond donors (Lipinski definition) is 3. The van der Waals surface area contributed by atoms with Gasteiger partial charge in [-0.05, 0) is 45.6 Å². The van der Waals surface area contributed by atoms with Crippen LogP contribution in [-0.2, 0) is 11.3 Å². The second kappa shape index (κ2) is 9.35. The van der Waals surface area contributed by atoms with Gasteiger partial charge in [-0.3, -0.25) is 9.74 Å². The summed E-state index contributed by atoms with van der Waals surface area (Å²) < 4.78 is 0. The van der Waals surface area contributed by atoms with Crippen LogP contribution >= 0.6 is 0 Å². The molecule has 0 aliphatic heterocycles. The fourth-order valence-electron chi connectivity index (χ4n) is 3.57. The Morgan fingerprint density at radius 2 is 1.88 bits per heavy atom. The van der Waals surface area contributed by atoms with Crippen molar-refractivity contribution < 1.29 is 19.8 Å². The zero-order valence-electron chi connectivity index (χ0n) is 16.0. The summed E-state index contributed by atoms with van der Waals surface area (Å²) in [4.78, 5) is 18.9. The highest BCUT2D eigenvalue weighted by molar-refractivity contribution is 5.66. The van der Waals surface area contributed by atoms with Crippen LogP contribution in [-0.4, -0.2) is 51.5 Å². The van der Waals surface area contributed by atoms with Gasteiger partial charge in [0.15, 0.2) is 0 Å². The van der Waals surface area contributed by atoms with E-state index in [2.05, 4.69) is 5.48 Å². The first-order valence-corrected chi connectivity index (χ1v) is 9.42. The summed E-state index contributed by atoms with van der Waals surface area (Å²) >= 11 is 0. The molecule has 2 atom stereocenters. The van der Waals surface area contributed by atoms with Crippen molar-refractivity contribution in [3.8, 4) is 0 Å². The predicted octanol–water partition coefficient (Wildman–Crippen LogP) is 3.20. The summed E-state index contributed by atoms with van der Waals surface area (Å²) in [6, 6.07) is 9.08. The molecular formula is C20H32N2O4. The molecule has 1 aliphatic carbocycles. The molecule has 26 heavy (non-hydrogen) atoms. The maximum atomic E-state index is 11.9. The van der Waals surface area contributed by atoms with Gasteiger partial charge in [-0.1, -0.05) is 43.2 Å². The molecule has 0 aromatic heterocycles. The molecule has 1 amide bonds. The van der Waals surface area contributed by atoms with Crippen LogP contribution in [0.5, 0.6) is 0 Å². The van der Waals surface area contributed by atoms with E-state index in [1.165, 1.54) is 17.7 Å². The molecular weight excluding hydrogens is 332 g/mol. The van der Waals surface area contributed by atoms with Gasteiger partial charge in [0.25, 0.3) is 0 Å². The van der Waals surface area contributed by atoms with Crippen LogP contribution in [0.25, 0.3) is 0 Å². The molecule has 2 rings (SSSR count). The molecule has 146 valence electrons. The first kappa shape index (κ1) is 20.7. The fraction of sp³-hybridized carbons (Fsp3) is 0.650. The van der Waals surface area contributed by atoms with Crippen molar-refractivity contribution >= 4 is 6.09 Å². The number of aliphatic hydroxyl groups excluding tert-OH is 1. The number of hydrogen-bond acceptors (Lipinski definition) is 4. The van der Waals surface area contributed by atoms with E-state index < -0.39 is 23.8 Å². The van der Waals surface area contributed by atoms with Gasteiger partial charge in [0.2, 0.25) is 0 Å². The highest BCUT2D eigenvalue weighted by Crippen LogP contribution is 2.23. The first-order valence-electron chi connectivity index (χ1n) is 9.42. The van der Waals surface area contributed by atoms with Crippen molar-refractivity contribution in [1.82, 2.24) is 10.4 Å². The molecule has 1 aliphatic rings. The number of rotatable bonds is 8. The average molecular weight is 364 g/mol. The van der Waals surface area contributed by atoms with Crippen LogP contribution in [0.3, 0.4) is 0 Å². The van der Waals surface area contributed by atoms with E-state index in [9.17, 15) is 15.0 Å². The highest BCUT2D eigenvalue weighted by atomic mass is 16.7. The van der Waals surface area contributed by atoms with Crippen LogP contribution in [0, 0.1) is 0 Å². The molecule has 1 fully saturated rings. The minimum Gasteiger partial charge on any atom is -0.465 e. The number of amides is 1. The SMILES string of the molecule is CC(C)(C)N(C(=O)O)C(Cc1ccccc1)C(O)CNOC1CCCC1. The van der Waals surface area contributed by atoms with Gasteiger partial charge in [-0.25, -0.2) is 4.79 Å². The lowest BCUT2D eigenvalue weighted by atomic mass is 9.95. The van der Waals surface area contributed by atoms with Crippen molar-refractivity contribution in [2.24, 2.45) is 0 Å². The molecule has 2 unspecified atom stereocenters. The lowest BCUT2D eigenvalue weighted by Crippen LogP contribution is -2.58. The van der Waals surface area contributed by atoms with Gasteiger partial charge in [0.05, 0.1) is 18.2 Å². The van der Waals surface area contributed by atoms with E-state index in [4.69, 9.17) is 4.84 Å².